The fraction of sp³-hybridized carbons (Fsp3) is 0.0563. The van der Waals surface area contributed by atoms with E-state index in [2.05, 4.69) is 166 Å². The van der Waals surface area contributed by atoms with Gasteiger partial charge >= 0.3 is 0 Å². The van der Waals surface area contributed by atoms with Crippen LogP contribution in [0.25, 0.3) is 69.5 Å². The van der Waals surface area contributed by atoms with Gasteiger partial charge in [-0.25, -0.2) is 15.0 Å². The number of rotatable bonds is 0. The first-order chi connectivity index (χ1) is 45.7. The van der Waals surface area contributed by atoms with Gasteiger partial charge in [0.25, 0.3) is 0 Å². The molecule has 0 radical (unpaired) electrons. The van der Waals surface area contributed by atoms with Gasteiger partial charge in [-0.15, -0.1) is 32.9 Å². The number of fused-ring (bicyclic) bond motifs is 8. The van der Waals surface area contributed by atoms with E-state index in [1.807, 2.05) is 157 Å². The molecule has 0 bridgehead atoms. The van der Waals surface area contributed by atoms with E-state index in [-0.39, 0.29) is 0 Å². The third-order valence-electron chi connectivity index (χ3n) is 12.4. The zero-order valence-corrected chi connectivity index (χ0v) is 52.6. The number of allylic oxidation sites excluding steroid dienone is 1. The summed E-state index contributed by atoms with van der Waals surface area (Å²) < 4.78 is 30.7. The van der Waals surface area contributed by atoms with Crippen LogP contribution in [0, 0.1) is 0 Å². The SMILES string of the molecule is C1=CN=NC1.C1=Cc2ccccc2C1.C1=NC=NC1.C1=Nc2ccccc2C1.c1ccc2occc2c1.c1ccc2ocnc2c1.c1ccc2oncc2c1.c1ccc2sccc2c1.c1ccc2scnc2c1.c1ccc2sncc2c1.c1conn1.c1csnn1. The molecule has 0 saturated heterocycles. The van der Waals surface area contributed by atoms with E-state index in [0.717, 1.165) is 70.2 Å². The van der Waals surface area contributed by atoms with Gasteiger partial charge in [0.1, 0.15) is 23.7 Å². The molecule has 8 aromatic heterocycles. The number of benzene rings is 8. The normalized spacial score (nSPS) is 11.5. The van der Waals surface area contributed by atoms with Crippen LogP contribution in [-0.4, -0.2) is 71.3 Å². The van der Waals surface area contributed by atoms with Crippen molar-refractivity contribution in [2.45, 2.75) is 12.8 Å². The van der Waals surface area contributed by atoms with Gasteiger partial charge in [-0.05, 0) is 136 Å². The average molecular weight is 1290 g/mol. The van der Waals surface area contributed by atoms with E-state index in [0.29, 0.717) is 0 Å². The number of hydrogen-bond donors (Lipinski definition) is 0. The van der Waals surface area contributed by atoms with Gasteiger partial charge in [0.15, 0.2) is 17.6 Å². The first-order valence-electron chi connectivity index (χ1n) is 28.5. The number of para-hydroxylation sites is 6. The maximum atomic E-state index is 5.12. The molecule has 0 N–H and O–H groups in total. The zero-order valence-electron chi connectivity index (χ0n) is 49.4. The van der Waals surface area contributed by atoms with Gasteiger partial charge in [-0.3, -0.25) is 9.98 Å². The Labute approximate surface area is 545 Å². The number of aliphatic imine (C=N–C) groups is 3. The molecule has 0 fully saturated rings. The molecule has 21 heteroatoms. The molecular weight excluding hydrogens is 1230 g/mol. The molecule has 17 nitrogen and oxygen atoms in total. The van der Waals surface area contributed by atoms with Crippen molar-refractivity contribution >= 4 is 140 Å². The summed E-state index contributed by atoms with van der Waals surface area (Å²) in [4.78, 5) is 19.7. The van der Waals surface area contributed by atoms with Crippen LogP contribution in [0.1, 0.15) is 16.7 Å². The van der Waals surface area contributed by atoms with Crippen molar-refractivity contribution in [3.05, 3.63) is 301 Å². The molecule has 8 aromatic carbocycles. The molecule has 0 unspecified atom stereocenters. The van der Waals surface area contributed by atoms with Crippen LogP contribution in [-0.2, 0) is 12.8 Å². The second-order valence-corrected chi connectivity index (χ2v) is 21.9. The minimum absolute atomic E-state index is 0.778. The third kappa shape index (κ3) is 22.7. The lowest BCUT2D eigenvalue weighted by atomic mass is 10.1. The van der Waals surface area contributed by atoms with E-state index in [1.54, 1.807) is 60.1 Å². The van der Waals surface area contributed by atoms with E-state index < -0.39 is 0 Å². The number of thiophene rings is 1. The highest BCUT2D eigenvalue weighted by Crippen LogP contribution is 2.23. The minimum atomic E-state index is 0.778. The van der Waals surface area contributed by atoms with Crippen LogP contribution in [0.4, 0.5) is 5.69 Å². The molecule has 456 valence electrons. The van der Waals surface area contributed by atoms with Crippen molar-refractivity contribution in [1.29, 1.82) is 0 Å². The summed E-state index contributed by atoms with van der Waals surface area (Å²) in [7, 11) is 0. The smallest absolute Gasteiger partial charge is 0.181 e. The molecule has 16 aromatic rings. The first kappa shape index (κ1) is 65.2. The summed E-state index contributed by atoms with van der Waals surface area (Å²) in [5, 5.41) is 29.4. The van der Waals surface area contributed by atoms with Crippen LogP contribution in [0.3, 0.4) is 0 Å². The summed E-state index contributed by atoms with van der Waals surface area (Å²) in [5.74, 6) is 0. The van der Waals surface area contributed by atoms with E-state index in [1.165, 1.54) is 83.5 Å². The fourth-order valence-corrected chi connectivity index (χ4v) is 10.4. The van der Waals surface area contributed by atoms with Crippen molar-refractivity contribution in [2.75, 3.05) is 13.1 Å². The number of aromatic nitrogens is 8. The molecule has 0 amide bonds. The Bertz CT molecular complexity index is 3940. The minimum Gasteiger partial charge on any atom is -0.464 e. The Morgan fingerprint density at radius 3 is 1.87 bits per heavy atom. The highest BCUT2D eigenvalue weighted by molar-refractivity contribution is 7.17. The standard InChI is InChI=1S/C9H8.C8H7N.C8H6O.C8H6S.2C7H5NO.2C7H5NS.2C3H4N2.C2H2N2O.C2H2N2S/c1-2-5-9-7-3-6-8(9)4-1;3*1-2-4-8-7(3-1)5-6-9-8;1-2-4-7-6(3-1)8-5-9-7;1-2-4-7-6(3-1)5-8-9-7;1-2-4-7-6(3-1)8-5-9-7;1-2-4-7-6(3-1)5-8-9-7;1-2-5-3-4-1;1-2-4-5-3-1;2*1-2-5-4-3-1/h1-6H,7H2;1-4,6H,5H2;2*1-6H;4*1-5H;1,3H,2H2;1-2H,3H2;2*1-2H. The predicted molar refractivity (Wildman–Crippen MR) is 378 cm³/mol. The monoisotopic (exact) mass is 1290 g/mol. The van der Waals surface area contributed by atoms with Crippen LogP contribution in [0.15, 0.2) is 328 Å². The van der Waals surface area contributed by atoms with E-state index >= 15 is 0 Å². The fourth-order valence-electron chi connectivity index (χ4n) is 8.03. The predicted octanol–water partition coefficient (Wildman–Crippen LogP) is 19.5. The van der Waals surface area contributed by atoms with Gasteiger partial charge < -0.3 is 17.9 Å². The lowest BCUT2D eigenvalue weighted by Gasteiger charge is -1.93. The van der Waals surface area contributed by atoms with Crippen LogP contribution in [0.2, 0.25) is 0 Å². The van der Waals surface area contributed by atoms with Gasteiger partial charge in [0, 0.05) is 62.8 Å². The molecule has 1 aliphatic carbocycles. The molecule has 92 heavy (non-hydrogen) atoms. The summed E-state index contributed by atoms with van der Waals surface area (Å²) in [6.07, 6.45) is 26.6. The largest absolute Gasteiger partial charge is 0.464 e. The summed E-state index contributed by atoms with van der Waals surface area (Å²) in [5.41, 5.74) is 11.8. The second-order valence-electron chi connectivity index (χ2n) is 18.5. The summed E-state index contributed by atoms with van der Waals surface area (Å²) in [6.45, 7) is 1.56. The number of azo groups is 1. The topological polar surface area (TPSA) is 217 Å². The molecule has 0 spiro atoms. The van der Waals surface area contributed by atoms with Crippen LogP contribution >= 0.6 is 45.7 Å². The highest BCUT2D eigenvalue weighted by Gasteiger charge is 2.03. The molecule has 20 rings (SSSR count). The van der Waals surface area contributed by atoms with Gasteiger partial charge in [0.2, 0.25) is 0 Å². The Morgan fingerprint density at radius 1 is 0.489 bits per heavy atom. The van der Waals surface area contributed by atoms with Crippen LogP contribution < -0.4 is 0 Å². The number of thiazole rings is 1. The molecule has 11 heterocycles. The maximum Gasteiger partial charge on any atom is 0.181 e. The molecule has 0 atom stereocenters. The van der Waals surface area contributed by atoms with Crippen molar-refractivity contribution in [3.8, 4) is 0 Å². The first-order valence-corrected chi connectivity index (χ1v) is 31.9. The lowest BCUT2D eigenvalue weighted by Crippen LogP contribution is -1.76. The Hall–Kier alpha value is -11.2. The quantitative estimate of drug-likeness (QED) is 0.138. The number of oxazole rings is 1. The van der Waals surface area contributed by atoms with Crippen molar-refractivity contribution in [2.24, 2.45) is 25.2 Å². The van der Waals surface area contributed by atoms with Crippen molar-refractivity contribution in [1.82, 2.24) is 39.5 Å². The Kier molecular flexibility index (Phi) is 27.6. The van der Waals surface area contributed by atoms with Crippen molar-refractivity contribution < 1.29 is 17.9 Å². The van der Waals surface area contributed by atoms with Crippen molar-refractivity contribution in [3.63, 3.8) is 0 Å². The number of furan rings is 1. The van der Waals surface area contributed by atoms with E-state index in [4.69, 9.17) is 13.4 Å². The van der Waals surface area contributed by atoms with Gasteiger partial charge in [0.05, 0.1) is 64.1 Å². The van der Waals surface area contributed by atoms with Gasteiger partial charge in [-0.1, -0.05) is 155 Å². The zero-order chi connectivity index (χ0) is 63.0. The van der Waals surface area contributed by atoms with Crippen LogP contribution in [0.5, 0.6) is 0 Å². The maximum absolute atomic E-state index is 5.12. The second kappa shape index (κ2) is 38.9. The molecule has 3 aliphatic heterocycles. The summed E-state index contributed by atoms with van der Waals surface area (Å²) >= 11 is 6.35. The summed E-state index contributed by atoms with van der Waals surface area (Å²) in [6, 6.07) is 68.9. The molecular formula is C71H59N13O4S4. The molecule has 4 aliphatic rings. The molecule has 0 saturated carbocycles. The Morgan fingerprint density at radius 2 is 1.23 bits per heavy atom. The van der Waals surface area contributed by atoms with Gasteiger partial charge in [-0.2, -0.15) is 14.6 Å². The lowest BCUT2D eigenvalue weighted by molar-refractivity contribution is 0.393. The van der Waals surface area contributed by atoms with E-state index in [9.17, 15) is 0 Å². The third-order valence-corrected chi connectivity index (χ3v) is 15.3. The Balaban J connectivity index is 0.000000119. The highest BCUT2D eigenvalue weighted by atomic mass is 32.1. The average Bonchev–Trinajstić information content (AvgIpc) is 4.45. The number of nitrogens with zero attached hydrogens (tertiary/aromatic N) is 13. The number of hydrogen-bond acceptors (Lipinski definition) is 21.